The smallest absolute Gasteiger partial charge is 0.0946 e. The van der Waals surface area contributed by atoms with Crippen molar-refractivity contribution in [1.82, 2.24) is 0 Å². The Morgan fingerprint density at radius 3 is 3.22 bits per heavy atom. The highest BCUT2D eigenvalue weighted by Crippen LogP contribution is 2.06. The number of allylic oxidation sites excluding steroid dienone is 2. The summed E-state index contributed by atoms with van der Waals surface area (Å²) in [6, 6.07) is 0. The van der Waals surface area contributed by atoms with E-state index in [1.54, 1.807) is 6.08 Å². The third-order valence-electron chi connectivity index (χ3n) is 1.30. The van der Waals surface area contributed by atoms with Gasteiger partial charge in [-0.2, -0.15) is 0 Å². The molecule has 1 N–H and O–H groups in total. The molecule has 0 aliphatic carbocycles. The third kappa shape index (κ3) is 1.88. The fourth-order valence-corrected chi connectivity index (χ4v) is 0.855. The van der Waals surface area contributed by atoms with Crippen molar-refractivity contribution in [2.45, 2.75) is 19.8 Å². The van der Waals surface area contributed by atoms with E-state index in [0.29, 0.717) is 5.71 Å². The molecule has 50 valence electrons. The third-order valence-corrected chi connectivity index (χ3v) is 1.30. The van der Waals surface area contributed by atoms with E-state index in [2.05, 4.69) is 0 Å². The molecule has 0 unspecified atom stereocenters. The lowest BCUT2D eigenvalue weighted by Crippen LogP contribution is -1.89. The quantitative estimate of drug-likeness (QED) is 0.525. The first-order valence-electron chi connectivity index (χ1n) is 3.17. The van der Waals surface area contributed by atoms with Crippen LogP contribution in [-0.2, 0) is 4.74 Å². The molecule has 0 amide bonds. The average molecular weight is 125 g/mol. The molecule has 0 spiro atoms. The second-order valence-corrected chi connectivity index (χ2v) is 2.23. The molecule has 0 radical (unpaired) electrons. The van der Waals surface area contributed by atoms with Gasteiger partial charge in [0, 0.05) is 5.71 Å². The molecule has 9 heavy (non-hydrogen) atoms. The highest BCUT2D eigenvalue weighted by molar-refractivity contribution is 5.92. The Kier molecular flexibility index (Phi) is 1.88. The van der Waals surface area contributed by atoms with Crippen LogP contribution in [-0.4, -0.2) is 12.3 Å². The van der Waals surface area contributed by atoms with Crippen LogP contribution in [0.1, 0.15) is 19.8 Å². The highest BCUT2D eigenvalue weighted by atomic mass is 16.5. The lowest BCUT2D eigenvalue weighted by atomic mass is 10.2. The van der Waals surface area contributed by atoms with Gasteiger partial charge in [0.05, 0.1) is 12.4 Å². The lowest BCUT2D eigenvalue weighted by Gasteiger charge is -1.98. The van der Waals surface area contributed by atoms with Gasteiger partial charge >= 0.3 is 0 Å². The maximum absolute atomic E-state index is 7.30. The standard InChI is InChI=1S/C7H11NO/c1-6-5-7(8)3-2-4-9-6/h5,8H,2-4H2,1H3. The van der Waals surface area contributed by atoms with Crippen molar-refractivity contribution in [3.63, 3.8) is 0 Å². The fraction of sp³-hybridized carbons (Fsp3) is 0.571. The molecule has 0 fully saturated rings. The number of hydrogen-bond acceptors (Lipinski definition) is 2. The van der Waals surface area contributed by atoms with Crippen LogP contribution in [0, 0.1) is 5.41 Å². The van der Waals surface area contributed by atoms with Gasteiger partial charge in [-0.1, -0.05) is 0 Å². The molecule has 0 bridgehead atoms. The monoisotopic (exact) mass is 125 g/mol. The van der Waals surface area contributed by atoms with Crippen molar-refractivity contribution in [1.29, 1.82) is 5.41 Å². The Balaban J connectivity index is 2.59. The second-order valence-electron chi connectivity index (χ2n) is 2.23. The molecular formula is C7H11NO. The lowest BCUT2D eigenvalue weighted by molar-refractivity contribution is 0.216. The summed E-state index contributed by atoms with van der Waals surface area (Å²) >= 11 is 0. The molecule has 0 aromatic carbocycles. The van der Waals surface area contributed by atoms with Gasteiger partial charge in [-0.3, -0.25) is 0 Å². The van der Waals surface area contributed by atoms with Gasteiger partial charge in [0.25, 0.3) is 0 Å². The van der Waals surface area contributed by atoms with Gasteiger partial charge in [0.15, 0.2) is 0 Å². The molecule has 0 aromatic heterocycles. The molecule has 1 aliphatic heterocycles. The molecule has 0 saturated carbocycles. The topological polar surface area (TPSA) is 33.1 Å². The Morgan fingerprint density at radius 1 is 1.67 bits per heavy atom. The van der Waals surface area contributed by atoms with Crippen LogP contribution in [0.3, 0.4) is 0 Å². The molecule has 0 aromatic rings. The van der Waals surface area contributed by atoms with Crippen molar-refractivity contribution in [3.05, 3.63) is 11.8 Å². The second kappa shape index (κ2) is 2.67. The summed E-state index contributed by atoms with van der Waals surface area (Å²) in [5.74, 6) is 0.873. The van der Waals surface area contributed by atoms with Crippen LogP contribution < -0.4 is 0 Å². The van der Waals surface area contributed by atoms with Crippen LogP contribution >= 0.6 is 0 Å². The van der Waals surface area contributed by atoms with Gasteiger partial charge in [-0.15, -0.1) is 0 Å². The van der Waals surface area contributed by atoms with E-state index in [1.165, 1.54) is 0 Å². The van der Waals surface area contributed by atoms with Gasteiger partial charge in [0.2, 0.25) is 0 Å². The summed E-state index contributed by atoms with van der Waals surface area (Å²) in [7, 11) is 0. The SMILES string of the molecule is CC1=CC(=N)CCCO1. The van der Waals surface area contributed by atoms with Crippen LogP contribution in [0.5, 0.6) is 0 Å². The van der Waals surface area contributed by atoms with Crippen LogP contribution in [0.4, 0.5) is 0 Å². The van der Waals surface area contributed by atoms with Crippen molar-refractivity contribution in [2.75, 3.05) is 6.61 Å². The van der Waals surface area contributed by atoms with Gasteiger partial charge in [-0.05, 0) is 25.8 Å². The Labute approximate surface area is 55.0 Å². The summed E-state index contributed by atoms with van der Waals surface area (Å²) in [6.07, 6.45) is 3.62. The number of rotatable bonds is 0. The highest BCUT2D eigenvalue weighted by Gasteiger charge is 2.00. The fourth-order valence-electron chi connectivity index (χ4n) is 0.855. The molecule has 0 saturated heterocycles. The van der Waals surface area contributed by atoms with Crippen molar-refractivity contribution < 1.29 is 4.74 Å². The van der Waals surface area contributed by atoms with Crippen molar-refractivity contribution in [2.24, 2.45) is 0 Å². The maximum Gasteiger partial charge on any atom is 0.0946 e. The minimum atomic E-state index is 0.685. The van der Waals surface area contributed by atoms with E-state index < -0.39 is 0 Å². The predicted molar refractivity (Wildman–Crippen MR) is 36.7 cm³/mol. The Hall–Kier alpha value is -0.790. The van der Waals surface area contributed by atoms with E-state index in [0.717, 1.165) is 25.2 Å². The van der Waals surface area contributed by atoms with Crippen LogP contribution in [0.15, 0.2) is 11.8 Å². The first-order valence-corrected chi connectivity index (χ1v) is 3.17. The molecule has 1 rings (SSSR count). The van der Waals surface area contributed by atoms with Crippen molar-refractivity contribution >= 4 is 5.71 Å². The number of hydrogen-bond donors (Lipinski definition) is 1. The zero-order valence-corrected chi connectivity index (χ0v) is 5.61. The average Bonchev–Trinajstić information content (AvgIpc) is 1.93. The van der Waals surface area contributed by atoms with Gasteiger partial charge < -0.3 is 10.1 Å². The predicted octanol–water partition coefficient (Wildman–Crippen LogP) is 1.72. The zero-order chi connectivity index (χ0) is 6.69. The first-order chi connectivity index (χ1) is 4.29. The van der Waals surface area contributed by atoms with Crippen molar-refractivity contribution in [3.8, 4) is 0 Å². The van der Waals surface area contributed by atoms with E-state index >= 15 is 0 Å². The van der Waals surface area contributed by atoms with E-state index in [1.807, 2.05) is 6.92 Å². The maximum atomic E-state index is 7.30. The largest absolute Gasteiger partial charge is 0.498 e. The summed E-state index contributed by atoms with van der Waals surface area (Å²) in [6.45, 7) is 2.66. The first kappa shape index (κ1) is 6.33. The van der Waals surface area contributed by atoms with E-state index in [-0.39, 0.29) is 0 Å². The van der Waals surface area contributed by atoms with E-state index in [4.69, 9.17) is 10.1 Å². The van der Waals surface area contributed by atoms with Gasteiger partial charge in [-0.25, -0.2) is 0 Å². The molecule has 0 atom stereocenters. The Morgan fingerprint density at radius 2 is 2.44 bits per heavy atom. The molecule has 2 heteroatoms. The minimum absolute atomic E-state index is 0.685. The van der Waals surface area contributed by atoms with Crippen LogP contribution in [0.2, 0.25) is 0 Å². The van der Waals surface area contributed by atoms with E-state index in [9.17, 15) is 0 Å². The normalized spacial score (nSPS) is 20.1. The molecule has 1 aliphatic rings. The Bertz CT molecular complexity index is 149. The minimum Gasteiger partial charge on any atom is -0.498 e. The molecule has 1 heterocycles. The number of ether oxygens (including phenoxy) is 1. The zero-order valence-electron chi connectivity index (χ0n) is 5.61. The molecule has 2 nitrogen and oxygen atoms in total. The molecular weight excluding hydrogens is 114 g/mol. The summed E-state index contributed by atoms with van der Waals surface area (Å²) in [5, 5.41) is 7.30. The number of nitrogens with one attached hydrogen (secondary N) is 1. The summed E-state index contributed by atoms with van der Waals surface area (Å²) in [5.41, 5.74) is 0.685. The van der Waals surface area contributed by atoms with Gasteiger partial charge in [0.1, 0.15) is 0 Å². The summed E-state index contributed by atoms with van der Waals surface area (Å²) in [4.78, 5) is 0. The summed E-state index contributed by atoms with van der Waals surface area (Å²) < 4.78 is 5.19. The van der Waals surface area contributed by atoms with Crippen LogP contribution in [0.25, 0.3) is 0 Å².